The summed E-state index contributed by atoms with van der Waals surface area (Å²) in [5, 5.41) is 2.83. The van der Waals surface area contributed by atoms with Gasteiger partial charge in [-0.25, -0.2) is 8.42 Å². The molecule has 0 spiro atoms. The molecule has 7 nitrogen and oxygen atoms in total. The topological polar surface area (TPSA) is 88.6 Å². The van der Waals surface area contributed by atoms with Crippen LogP contribution in [0.4, 0.5) is 5.69 Å². The molecule has 1 aromatic heterocycles. The number of aromatic nitrogens is 1. The Kier molecular flexibility index (Phi) is 7.48. The largest absolute Gasteiger partial charge is 0.495 e. The highest BCUT2D eigenvalue weighted by Gasteiger charge is 2.37. The Morgan fingerprint density at radius 2 is 1.75 bits per heavy atom. The molecule has 0 aliphatic heterocycles. The van der Waals surface area contributed by atoms with Gasteiger partial charge >= 0.3 is 0 Å². The summed E-state index contributed by atoms with van der Waals surface area (Å²) in [5.74, 6) is -0.0538. The molecule has 0 fully saturated rings. The Bertz CT molecular complexity index is 1170. The fourth-order valence-corrected chi connectivity index (χ4v) is 5.41. The molecule has 32 heavy (non-hydrogen) atoms. The molecule has 0 saturated heterocycles. The van der Waals surface area contributed by atoms with Gasteiger partial charge in [0.2, 0.25) is 5.91 Å². The van der Waals surface area contributed by atoms with E-state index in [0.29, 0.717) is 22.7 Å². The Morgan fingerprint density at radius 1 is 1.06 bits per heavy atom. The zero-order valence-electron chi connectivity index (χ0n) is 18.4. The van der Waals surface area contributed by atoms with Crippen molar-refractivity contribution in [3.63, 3.8) is 0 Å². The van der Waals surface area contributed by atoms with Gasteiger partial charge in [0, 0.05) is 6.20 Å². The van der Waals surface area contributed by atoms with E-state index in [1.165, 1.54) is 11.4 Å². The van der Waals surface area contributed by atoms with Crippen molar-refractivity contribution in [2.45, 2.75) is 37.8 Å². The minimum absolute atomic E-state index is 0.141. The minimum atomic E-state index is -4.08. The van der Waals surface area contributed by atoms with Crippen molar-refractivity contribution in [3.05, 3.63) is 84.2 Å². The van der Waals surface area contributed by atoms with Gasteiger partial charge in [-0.3, -0.25) is 14.1 Å². The van der Waals surface area contributed by atoms with Crippen LogP contribution in [-0.2, 0) is 21.4 Å². The molecule has 0 saturated carbocycles. The van der Waals surface area contributed by atoms with Gasteiger partial charge < -0.3 is 10.1 Å². The molecule has 0 aliphatic rings. The van der Waals surface area contributed by atoms with Gasteiger partial charge in [-0.15, -0.1) is 0 Å². The van der Waals surface area contributed by atoms with E-state index in [1.807, 2.05) is 6.07 Å². The van der Waals surface area contributed by atoms with Gasteiger partial charge in [-0.05, 0) is 49.2 Å². The Hall–Kier alpha value is -3.39. The summed E-state index contributed by atoms with van der Waals surface area (Å²) >= 11 is 0. The second-order valence-electron chi connectivity index (χ2n) is 7.20. The van der Waals surface area contributed by atoms with Crippen LogP contribution < -0.4 is 14.4 Å². The van der Waals surface area contributed by atoms with Crippen molar-refractivity contribution in [2.75, 3.05) is 11.4 Å². The molecule has 8 heteroatoms. The molecule has 0 aliphatic carbocycles. The monoisotopic (exact) mass is 453 g/mol. The zero-order chi connectivity index (χ0) is 23.1. The Morgan fingerprint density at radius 3 is 2.41 bits per heavy atom. The van der Waals surface area contributed by atoms with E-state index in [0.717, 1.165) is 0 Å². The van der Waals surface area contributed by atoms with Crippen LogP contribution in [0.3, 0.4) is 0 Å². The zero-order valence-corrected chi connectivity index (χ0v) is 19.2. The molecule has 168 valence electrons. The number of pyridine rings is 1. The number of rotatable bonds is 9. The molecule has 3 rings (SSSR count). The lowest BCUT2D eigenvalue weighted by Gasteiger charge is -2.32. The molecule has 2 aromatic carbocycles. The van der Waals surface area contributed by atoms with Crippen molar-refractivity contribution < 1.29 is 17.9 Å². The highest BCUT2D eigenvalue weighted by atomic mass is 32.2. The lowest BCUT2D eigenvalue weighted by molar-refractivity contribution is -0.122. The molecule has 1 atom stereocenters. The van der Waals surface area contributed by atoms with Crippen molar-refractivity contribution in [3.8, 4) is 5.75 Å². The van der Waals surface area contributed by atoms with Gasteiger partial charge in [0.05, 0.1) is 29.9 Å². The number of benzene rings is 2. The number of aryl methyl sites for hydroxylation is 1. The average molecular weight is 454 g/mol. The van der Waals surface area contributed by atoms with Crippen LogP contribution in [0.5, 0.6) is 5.75 Å². The van der Waals surface area contributed by atoms with E-state index in [-0.39, 0.29) is 17.9 Å². The number of nitrogens with one attached hydrogen (secondary N) is 1. The van der Waals surface area contributed by atoms with Crippen LogP contribution in [0.2, 0.25) is 0 Å². The highest BCUT2D eigenvalue weighted by Crippen LogP contribution is 2.35. The maximum Gasteiger partial charge on any atom is 0.265 e. The summed E-state index contributed by atoms with van der Waals surface area (Å²) in [6, 6.07) is 17.9. The molecule has 0 bridgehead atoms. The van der Waals surface area contributed by atoms with Crippen LogP contribution in [0.1, 0.15) is 24.6 Å². The molecule has 0 radical (unpaired) electrons. The molecule has 1 heterocycles. The summed E-state index contributed by atoms with van der Waals surface area (Å²) in [4.78, 5) is 17.6. The molecule has 1 amide bonds. The smallest absolute Gasteiger partial charge is 0.265 e. The predicted octanol–water partition coefficient (Wildman–Crippen LogP) is 3.69. The number of ether oxygens (including phenoxy) is 1. The van der Waals surface area contributed by atoms with Crippen molar-refractivity contribution >= 4 is 21.6 Å². The normalized spacial score (nSPS) is 12.1. The molecule has 1 unspecified atom stereocenters. The maximum absolute atomic E-state index is 13.9. The van der Waals surface area contributed by atoms with E-state index < -0.39 is 22.0 Å². The number of hydrogen-bond donors (Lipinski definition) is 1. The first-order valence-corrected chi connectivity index (χ1v) is 11.7. The first-order valence-electron chi connectivity index (χ1n) is 10.3. The average Bonchev–Trinajstić information content (AvgIpc) is 2.81. The summed E-state index contributed by atoms with van der Waals surface area (Å²) in [6.45, 7) is 3.70. The number of hydrogen-bond acceptors (Lipinski definition) is 5. The standard InChI is InChI=1S/C24H27N3O4S/c1-4-20(24(28)26-17-19-12-9-10-16-25-19)27(21-13-6-7-14-22(21)31-3)32(29,30)23-15-8-5-11-18(23)2/h5-16,20H,4,17H2,1-3H3,(H,26,28). The van der Waals surface area contributed by atoms with Crippen LogP contribution in [0.15, 0.2) is 77.8 Å². The fraction of sp³-hybridized carbons (Fsp3) is 0.250. The van der Waals surface area contributed by atoms with E-state index in [2.05, 4.69) is 10.3 Å². The Balaban J connectivity index is 2.06. The molecular weight excluding hydrogens is 426 g/mol. The fourth-order valence-electron chi connectivity index (χ4n) is 3.48. The lowest BCUT2D eigenvalue weighted by Crippen LogP contribution is -2.49. The van der Waals surface area contributed by atoms with Crippen molar-refractivity contribution in [1.82, 2.24) is 10.3 Å². The predicted molar refractivity (Wildman–Crippen MR) is 124 cm³/mol. The molecule has 3 aromatic rings. The van der Waals surface area contributed by atoms with Crippen LogP contribution >= 0.6 is 0 Å². The van der Waals surface area contributed by atoms with Gasteiger partial charge in [0.25, 0.3) is 10.0 Å². The van der Waals surface area contributed by atoms with E-state index in [9.17, 15) is 13.2 Å². The molecule has 1 N–H and O–H groups in total. The SMILES string of the molecule is CCC(C(=O)NCc1ccccn1)N(c1ccccc1OC)S(=O)(=O)c1ccccc1C. The van der Waals surface area contributed by atoms with Crippen LogP contribution in [0.25, 0.3) is 0 Å². The van der Waals surface area contributed by atoms with Gasteiger partial charge in [-0.2, -0.15) is 0 Å². The van der Waals surface area contributed by atoms with Crippen LogP contribution in [-0.4, -0.2) is 32.5 Å². The Labute approximate surface area is 189 Å². The third kappa shape index (κ3) is 4.91. The summed E-state index contributed by atoms with van der Waals surface area (Å²) in [6.07, 6.45) is 1.90. The number of methoxy groups -OCH3 is 1. The van der Waals surface area contributed by atoms with E-state index in [4.69, 9.17) is 4.74 Å². The summed E-state index contributed by atoms with van der Waals surface area (Å²) < 4.78 is 34.4. The summed E-state index contributed by atoms with van der Waals surface area (Å²) in [7, 11) is -2.61. The van der Waals surface area contributed by atoms with E-state index >= 15 is 0 Å². The third-order valence-corrected chi connectivity index (χ3v) is 7.08. The van der Waals surface area contributed by atoms with Gasteiger partial charge in [0.15, 0.2) is 0 Å². The number of para-hydroxylation sites is 2. The quantitative estimate of drug-likeness (QED) is 0.534. The second kappa shape index (κ2) is 10.3. The lowest BCUT2D eigenvalue weighted by atomic mass is 10.1. The number of anilines is 1. The number of carbonyl (C=O) groups is 1. The van der Waals surface area contributed by atoms with Gasteiger partial charge in [0.1, 0.15) is 11.8 Å². The highest BCUT2D eigenvalue weighted by molar-refractivity contribution is 7.93. The first-order chi connectivity index (χ1) is 15.4. The minimum Gasteiger partial charge on any atom is -0.495 e. The number of carbonyl (C=O) groups excluding carboxylic acids is 1. The second-order valence-corrected chi connectivity index (χ2v) is 8.98. The number of nitrogens with zero attached hydrogens (tertiary/aromatic N) is 2. The van der Waals surface area contributed by atoms with Crippen LogP contribution in [0, 0.1) is 6.92 Å². The first kappa shape index (κ1) is 23.3. The van der Waals surface area contributed by atoms with Crippen molar-refractivity contribution in [1.29, 1.82) is 0 Å². The maximum atomic E-state index is 13.9. The van der Waals surface area contributed by atoms with E-state index in [1.54, 1.807) is 80.7 Å². The summed E-state index contributed by atoms with van der Waals surface area (Å²) in [5.41, 5.74) is 1.58. The van der Waals surface area contributed by atoms with Gasteiger partial charge in [-0.1, -0.05) is 43.3 Å². The third-order valence-electron chi connectivity index (χ3n) is 5.10. The van der Waals surface area contributed by atoms with Crippen molar-refractivity contribution in [2.24, 2.45) is 0 Å². The molecular formula is C24H27N3O4S. The number of amides is 1. The number of sulfonamides is 1.